The molecule has 4 heteroatoms. The van der Waals surface area contributed by atoms with Gasteiger partial charge in [-0.1, -0.05) is 44.9 Å². The normalized spacial score (nSPS) is 16.5. The zero-order valence-corrected chi connectivity index (χ0v) is 17.3. The standard InChI is InChI=1S/C22H38N3O/c1-5-7-9-16-25(17-13-23-14-18-25)22(26)24(15-8-6-2)21-19(3)11-10-12-20(21)4/h10-12,23H,5-9,13-18H2,1-4H3/q+1. The summed E-state index contributed by atoms with van der Waals surface area (Å²) in [5.74, 6) is 0. The fourth-order valence-electron chi connectivity index (χ4n) is 4.10. The Hall–Kier alpha value is -1.39. The van der Waals surface area contributed by atoms with Crippen molar-refractivity contribution >= 4 is 11.7 Å². The van der Waals surface area contributed by atoms with Crippen LogP contribution < -0.4 is 10.2 Å². The van der Waals surface area contributed by atoms with Gasteiger partial charge in [0.05, 0.1) is 25.3 Å². The van der Waals surface area contributed by atoms with E-state index >= 15 is 0 Å². The fraction of sp³-hybridized carbons (Fsp3) is 0.682. The first kappa shape index (κ1) is 20.9. The second-order valence-electron chi connectivity index (χ2n) is 7.80. The van der Waals surface area contributed by atoms with E-state index in [0.717, 1.165) is 64.2 Å². The molecule has 0 aromatic heterocycles. The maximum atomic E-state index is 13.9. The van der Waals surface area contributed by atoms with Crippen molar-refractivity contribution in [2.75, 3.05) is 44.2 Å². The molecule has 0 unspecified atom stereocenters. The minimum Gasteiger partial charge on any atom is -0.306 e. The third-order valence-corrected chi connectivity index (χ3v) is 5.70. The lowest BCUT2D eigenvalue weighted by Crippen LogP contribution is -2.66. The third kappa shape index (κ3) is 4.86. The summed E-state index contributed by atoms with van der Waals surface area (Å²) in [7, 11) is 0. The van der Waals surface area contributed by atoms with E-state index in [4.69, 9.17) is 0 Å². The SMILES string of the molecule is CCCCC[N+]1(C(=O)N(CCCC)c2c(C)cccc2C)CCNCC1. The second-order valence-corrected chi connectivity index (χ2v) is 7.80. The molecule has 1 fully saturated rings. The molecule has 1 aliphatic rings. The Morgan fingerprint density at radius 3 is 2.23 bits per heavy atom. The largest absolute Gasteiger partial charge is 0.423 e. The highest BCUT2D eigenvalue weighted by atomic mass is 16.2. The van der Waals surface area contributed by atoms with E-state index in [-0.39, 0.29) is 0 Å². The van der Waals surface area contributed by atoms with Crippen molar-refractivity contribution in [3.8, 4) is 0 Å². The number of unbranched alkanes of at least 4 members (excludes halogenated alkanes) is 3. The van der Waals surface area contributed by atoms with E-state index in [2.05, 4.69) is 56.1 Å². The smallest absolute Gasteiger partial charge is 0.306 e. The number of hydrogen-bond acceptors (Lipinski definition) is 2. The van der Waals surface area contributed by atoms with Gasteiger partial charge >= 0.3 is 6.03 Å². The number of para-hydroxylation sites is 1. The number of amides is 2. The number of carbonyl (C=O) groups excluding carboxylic acids is 1. The van der Waals surface area contributed by atoms with E-state index in [1.54, 1.807) is 0 Å². The van der Waals surface area contributed by atoms with Gasteiger partial charge in [0.25, 0.3) is 0 Å². The van der Waals surface area contributed by atoms with E-state index in [1.807, 2.05) is 0 Å². The lowest BCUT2D eigenvalue weighted by molar-refractivity contribution is -0.851. The van der Waals surface area contributed by atoms with Gasteiger partial charge in [0, 0.05) is 19.6 Å². The Labute approximate surface area is 160 Å². The number of piperazine rings is 1. The zero-order valence-electron chi connectivity index (χ0n) is 17.3. The number of aryl methyl sites for hydroxylation is 2. The van der Waals surface area contributed by atoms with Gasteiger partial charge in [0.2, 0.25) is 0 Å². The number of nitrogens with zero attached hydrogens (tertiary/aromatic N) is 2. The number of nitrogens with one attached hydrogen (secondary N) is 1. The van der Waals surface area contributed by atoms with E-state index < -0.39 is 0 Å². The van der Waals surface area contributed by atoms with Crippen molar-refractivity contribution in [1.82, 2.24) is 5.32 Å². The van der Waals surface area contributed by atoms with Crippen molar-refractivity contribution in [2.24, 2.45) is 0 Å². The molecule has 1 aliphatic heterocycles. The average Bonchev–Trinajstić information content (AvgIpc) is 2.64. The number of rotatable bonds is 8. The predicted molar refractivity (Wildman–Crippen MR) is 111 cm³/mol. The molecule has 1 N–H and O–H groups in total. The van der Waals surface area contributed by atoms with Crippen molar-refractivity contribution in [1.29, 1.82) is 0 Å². The van der Waals surface area contributed by atoms with Crippen LogP contribution in [0.4, 0.5) is 10.5 Å². The van der Waals surface area contributed by atoms with Crippen LogP contribution in [0.1, 0.15) is 57.1 Å². The molecule has 0 saturated carbocycles. The van der Waals surface area contributed by atoms with Crippen LogP contribution in [0.3, 0.4) is 0 Å². The molecule has 0 bridgehead atoms. The van der Waals surface area contributed by atoms with Crippen LogP contribution in [-0.4, -0.2) is 49.8 Å². The van der Waals surface area contributed by atoms with Crippen LogP contribution in [0, 0.1) is 13.8 Å². The highest BCUT2D eigenvalue weighted by Crippen LogP contribution is 2.29. The van der Waals surface area contributed by atoms with Crippen molar-refractivity contribution < 1.29 is 9.28 Å². The highest BCUT2D eigenvalue weighted by molar-refractivity contribution is 5.89. The van der Waals surface area contributed by atoms with Gasteiger partial charge in [-0.05, 0) is 44.2 Å². The number of benzene rings is 1. The Morgan fingerprint density at radius 1 is 1.04 bits per heavy atom. The van der Waals surface area contributed by atoms with Gasteiger partial charge in [0.15, 0.2) is 0 Å². The van der Waals surface area contributed by atoms with E-state index in [1.165, 1.54) is 24.0 Å². The van der Waals surface area contributed by atoms with Crippen LogP contribution in [0.15, 0.2) is 18.2 Å². The number of hydrogen-bond donors (Lipinski definition) is 1. The molecule has 1 aromatic carbocycles. The Kier molecular flexibility index (Phi) is 8.11. The lowest BCUT2D eigenvalue weighted by atomic mass is 10.1. The molecule has 146 valence electrons. The van der Waals surface area contributed by atoms with Crippen LogP contribution >= 0.6 is 0 Å². The molecule has 0 aliphatic carbocycles. The molecule has 0 atom stereocenters. The molecular formula is C22H38N3O+. The summed E-state index contributed by atoms with van der Waals surface area (Å²) in [6.07, 6.45) is 5.69. The molecule has 0 radical (unpaired) electrons. The zero-order chi connectivity index (χ0) is 19.0. The van der Waals surface area contributed by atoms with Gasteiger partial charge < -0.3 is 5.32 Å². The van der Waals surface area contributed by atoms with Crippen LogP contribution in [0.25, 0.3) is 0 Å². The first-order valence-corrected chi connectivity index (χ1v) is 10.5. The van der Waals surface area contributed by atoms with Crippen molar-refractivity contribution in [2.45, 2.75) is 59.8 Å². The molecule has 0 spiro atoms. The topological polar surface area (TPSA) is 32.3 Å². The molecule has 2 amide bonds. The van der Waals surface area contributed by atoms with Gasteiger partial charge in [-0.25, -0.2) is 9.28 Å². The lowest BCUT2D eigenvalue weighted by Gasteiger charge is -2.42. The van der Waals surface area contributed by atoms with Crippen LogP contribution in [0.2, 0.25) is 0 Å². The average molecular weight is 361 g/mol. The number of carbonyl (C=O) groups is 1. The molecular weight excluding hydrogens is 322 g/mol. The van der Waals surface area contributed by atoms with E-state index in [9.17, 15) is 4.79 Å². The molecule has 26 heavy (non-hydrogen) atoms. The summed E-state index contributed by atoms with van der Waals surface area (Å²) in [4.78, 5) is 16.0. The minimum absolute atomic E-state index is 0.313. The Balaban J connectivity index is 2.35. The summed E-state index contributed by atoms with van der Waals surface area (Å²) in [5, 5.41) is 3.44. The fourth-order valence-corrected chi connectivity index (χ4v) is 4.10. The summed E-state index contributed by atoms with van der Waals surface area (Å²) in [6.45, 7) is 14.2. The van der Waals surface area contributed by atoms with E-state index in [0.29, 0.717) is 10.5 Å². The van der Waals surface area contributed by atoms with Crippen molar-refractivity contribution in [3.63, 3.8) is 0 Å². The Morgan fingerprint density at radius 2 is 1.65 bits per heavy atom. The molecule has 1 heterocycles. The Bertz CT molecular complexity index is 559. The van der Waals surface area contributed by atoms with Gasteiger partial charge in [-0.15, -0.1) is 0 Å². The summed E-state index contributed by atoms with van der Waals surface area (Å²) >= 11 is 0. The second kappa shape index (κ2) is 10.1. The maximum absolute atomic E-state index is 13.9. The quantitative estimate of drug-likeness (QED) is 0.541. The van der Waals surface area contributed by atoms with Gasteiger partial charge in [-0.3, -0.25) is 4.90 Å². The highest BCUT2D eigenvalue weighted by Gasteiger charge is 2.42. The van der Waals surface area contributed by atoms with Crippen LogP contribution in [0.5, 0.6) is 0 Å². The first-order chi connectivity index (χ1) is 12.6. The summed E-state index contributed by atoms with van der Waals surface area (Å²) < 4.78 is 0.616. The summed E-state index contributed by atoms with van der Waals surface area (Å²) in [5.41, 5.74) is 3.55. The van der Waals surface area contributed by atoms with Crippen molar-refractivity contribution in [3.05, 3.63) is 29.3 Å². The molecule has 2 rings (SSSR count). The first-order valence-electron chi connectivity index (χ1n) is 10.5. The molecule has 4 nitrogen and oxygen atoms in total. The monoisotopic (exact) mass is 360 g/mol. The molecule has 1 saturated heterocycles. The minimum atomic E-state index is 0.313. The predicted octanol–water partition coefficient (Wildman–Crippen LogP) is 4.64. The summed E-state index contributed by atoms with van der Waals surface area (Å²) in [6, 6.07) is 6.67. The van der Waals surface area contributed by atoms with Gasteiger partial charge in [-0.2, -0.15) is 0 Å². The number of quaternary nitrogens is 1. The maximum Gasteiger partial charge on any atom is 0.423 e. The molecule has 1 aromatic rings. The third-order valence-electron chi connectivity index (χ3n) is 5.70. The number of urea groups is 1. The van der Waals surface area contributed by atoms with Gasteiger partial charge in [0.1, 0.15) is 0 Å². The number of anilines is 1. The van der Waals surface area contributed by atoms with Crippen LogP contribution in [-0.2, 0) is 0 Å².